The Hall–Kier alpha value is -1.33. The molecule has 0 aliphatic carbocycles. The van der Waals surface area contributed by atoms with E-state index in [1.54, 1.807) is 0 Å². The SMILES string of the molecule is Cc1cc(C(O)c2cc(F)ccc2Br)c(F)cc1F. The Morgan fingerprint density at radius 2 is 1.68 bits per heavy atom. The molecule has 0 saturated heterocycles. The Morgan fingerprint density at radius 1 is 1.00 bits per heavy atom. The number of aryl methyl sites for hydroxylation is 1. The van der Waals surface area contributed by atoms with Crippen molar-refractivity contribution >= 4 is 15.9 Å². The van der Waals surface area contributed by atoms with Gasteiger partial charge in [0.1, 0.15) is 23.6 Å². The molecule has 2 aromatic carbocycles. The van der Waals surface area contributed by atoms with E-state index in [-0.39, 0.29) is 16.7 Å². The first kappa shape index (κ1) is 14.1. The highest BCUT2D eigenvalue weighted by atomic mass is 79.9. The fraction of sp³-hybridized carbons (Fsp3) is 0.143. The van der Waals surface area contributed by atoms with E-state index >= 15 is 0 Å². The largest absolute Gasteiger partial charge is 0.384 e. The standard InChI is InChI=1S/C14H10BrF3O/c1-7-4-10(13(18)6-12(7)17)14(19)9-5-8(16)2-3-11(9)15/h2-6,14,19H,1H3. The first-order chi connectivity index (χ1) is 8.90. The maximum Gasteiger partial charge on any atom is 0.132 e. The van der Waals surface area contributed by atoms with Gasteiger partial charge >= 0.3 is 0 Å². The predicted octanol–water partition coefficient (Wildman–Crippen LogP) is 4.26. The van der Waals surface area contributed by atoms with Crippen molar-refractivity contribution in [2.75, 3.05) is 0 Å². The van der Waals surface area contributed by atoms with Crippen LogP contribution in [-0.2, 0) is 0 Å². The van der Waals surface area contributed by atoms with Gasteiger partial charge in [-0.15, -0.1) is 0 Å². The zero-order chi connectivity index (χ0) is 14.2. The molecule has 0 bridgehead atoms. The van der Waals surface area contributed by atoms with Crippen LogP contribution in [0.4, 0.5) is 13.2 Å². The second kappa shape index (κ2) is 5.35. The molecule has 19 heavy (non-hydrogen) atoms. The van der Waals surface area contributed by atoms with Gasteiger partial charge in [0.25, 0.3) is 0 Å². The van der Waals surface area contributed by atoms with Gasteiger partial charge in [0.15, 0.2) is 0 Å². The first-order valence-electron chi connectivity index (χ1n) is 5.48. The van der Waals surface area contributed by atoms with Crippen molar-refractivity contribution in [1.29, 1.82) is 0 Å². The lowest BCUT2D eigenvalue weighted by Gasteiger charge is -2.15. The Labute approximate surface area is 116 Å². The Morgan fingerprint density at radius 3 is 2.37 bits per heavy atom. The van der Waals surface area contributed by atoms with Crippen LogP contribution in [0.2, 0.25) is 0 Å². The third kappa shape index (κ3) is 2.82. The summed E-state index contributed by atoms with van der Waals surface area (Å²) in [6.07, 6.45) is -1.37. The summed E-state index contributed by atoms with van der Waals surface area (Å²) in [6.45, 7) is 1.46. The van der Waals surface area contributed by atoms with Crippen molar-refractivity contribution in [1.82, 2.24) is 0 Å². The molecule has 0 aliphatic rings. The molecule has 100 valence electrons. The van der Waals surface area contributed by atoms with Crippen LogP contribution in [0, 0.1) is 24.4 Å². The highest BCUT2D eigenvalue weighted by molar-refractivity contribution is 9.10. The van der Waals surface area contributed by atoms with Crippen LogP contribution in [-0.4, -0.2) is 5.11 Å². The van der Waals surface area contributed by atoms with Crippen LogP contribution in [0.5, 0.6) is 0 Å². The predicted molar refractivity (Wildman–Crippen MR) is 69.3 cm³/mol. The van der Waals surface area contributed by atoms with E-state index in [1.807, 2.05) is 0 Å². The maximum atomic E-state index is 13.7. The smallest absolute Gasteiger partial charge is 0.132 e. The van der Waals surface area contributed by atoms with E-state index in [9.17, 15) is 18.3 Å². The van der Waals surface area contributed by atoms with Crippen molar-refractivity contribution in [3.05, 3.63) is 68.9 Å². The normalized spacial score (nSPS) is 12.5. The molecule has 0 spiro atoms. The summed E-state index contributed by atoms with van der Waals surface area (Å²) in [6, 6.07) is 5.66. The number of aliphatic hydroxyl groups is 1. The summed E-state index contributed by atoms with van der Waals surface area (Å²) < 4.78 is 40.5. The monoisotopic (exact) mass is 330 g/mol. The topological polar surface area (TPSA) is 20.2 Å². The molecule has 0 radical (unpaired) electrons. The zero-order valence-electron chi connectivity index (χ0n) is 9.92. The molecule has 1 unspecified atom stereocenters. The first-order valence-corrected chi connectivity index (χ1v) is 6.28. The van der Waals surface area contributed by atoms with Gasteiger partial charge in [0.05, 0.1) is 0 Å². The van der Waals surface area contributed by atoms with E-state index < -0.39 is 23.6 Å². The lowest BCUT2D eigenvalue weighted by Crippen LogP contribution is -2.05. The molecule has 2 aromatic rings. The van der Waals surface area contributed by atoms with E-state index in [4.69, 9.17) is 0 Å². The average molecular weight is 331 g/mol. The van der Waals surface area contributed by atoms with Crippen molar-refractivity contribution < 1.29 is 18.3 Å². The van der Waals surface area contributed by atoms with Crippen molar-refractivity contribution in [3.8, 4) is 0 Å². The highest BCUT2D eigenvalue weighted by Crippen LogP contribution is 2.31. The van der Waals surface area contributed by atoms with Gasteiger partial charge in [0.2, 0.25) is 0 Å². The molecule has 0 heterocycles. The lowest BCUT2D eigenvalue weighted by atomic mass is 9.99. The van der Waals surface area contributed by atoms with Gasteiger partial charge in [-0.2, -0.15) is 0 Å². The number of rotatable bonds is 2. The van der Waals surface area contributed by atoms with Crippen molar-refractivity contribution in [2.45, 2.75) is 13.0 Å². The molecule has 2 rings (SSSR count). The molecule has 5 heteroatoms. The molecule has 0 saturated carbocycles. The third-order valence-electron chi connectivity index (χ3n) is 2.83. The van der Waals surface area contributed by atoms with Crippen LogP contribution in [0.15, 0.2) is 34.8 Å². The summed E-state index contributed by atoms with van der Waals surface area (Å²) in [5, 5.41) is 10.1. The summed E-state index contributed by atoms with van der Waals surface area (Å²) >= 11 is 3.16. The minimum atomic E-state index is -1.37. The molecule has 1 nitrogen and oxygen atoms in total. The van der Waals surface area contributed by atoms with Gasteiger partial charge in [-0.3, -0.25) is 0 Å². The number of benzene rings is 2. The number of hydrogen-bond donors (Lipinski definition) is 1. The lowest BCUT2D eigenvalue weighted by molar-refractivity contribution is 0.213. The Balaban J connectivity index is 2.52. The number of aliphatic hydroxyl groups excluding tert-OH is 1. The van der Waals surface area contributed by atoms with Crippen LogP contribution in [0.1, 0.15) is 22.8 Å². The van der Waals surface area contributed by atoms with Gasteiger partial charge in [0, 0.05) is 21.7 Å². The molecule has 1 N–H and O–H groups in total. The van der Waals surface area contributed by atoms with E-state index in [2.05, 4.69) is 15.9 Å². The minimum Gasteiger partial charge on any atom is -0.384 e. The molecule has 0 aliphatic heterocycles. The van der Waals surface area contributed by atoms with Crippen molar-refractivity contribution in [2.24, 2.45) is 0 Å². The zero-order valence-corrected chi connectivity index (χ0v) is 11.5. The fourth-order valence-electron chi connectivity index (χ4n) is 1.78. The Bertz CT molecular complexity index is 628. The van der Waals surface area contributed by atoms with E-state index in [1.165, 1.54) is 25.1 Å². The van der Waals surface area contributed by atoms with E-state index in [0.29, 0.717) is 10.5 Å². The van der Waals surface area contributed by atoms with Gasteiger partial charge < -0.3 is 5.11 Å². The molecule has 1 atom stereocenters. The minimum absolute atomic E-state index is 0.0924. The molecular weight excluding hydrogens is 321 g/mol. The fourth-order valence-corrected chi connectivity index (χ4v) is 2.24. The highest BCUT2D eigenvalue weighted by Gasteiger charge is 2.19. The molecular formula is C14H10BrF3O. The second-order valence-electron chi connectivity index (χ2n) is 4.19. The average Bonchev–Trinajstić information content (AvgIpc) is 2.36. The quantitative estimate of drug-likeness (QED) is 0.872. The summed E-state index contributed by atoms with van der Waals surface area (Å²) in [7, 11) is 0. The van der Waals surface area contributed by atoms with Crippen LogP contribution in [0.3, 0.4) is 0 Å². The molecule has 0 amide bonds. The molecule has 0 aromatic heterocycles. The van der Waals surface area contributed by atoms with Crippen LogP contribution in [0.25, 0.3) is 0 Å². The summed E-state index contributed by atoms with van der Waals surface area (Å²) in [5.41, 5.74) is 0.304. The van der Waals surface area contributed by atoms with Gasteiger partial charge in [-0.1, -0.05) is 15.9 Å². The van der Waals surface area contributed by atoms with Crippen molar-refractivity contribution in [3.63, 3.8) is 0 Å². The second-order valence-corrected chi connectivity index (χ2v) is 5.05. The Kier molecular flexibility index (Phi) is 3.96. The van der Waals surface area contributed by atoms with Gasteiger partial charge in [-0.05, 0) is 36.8 Å². The molecule has 0 fully saturated rings. The van der Waals surface area contributed by atoms with Gasteiger partial charge in [-0.25, -0.2) is 13.2 Å². The number of hydrogen-bond acceptors (Lipinski definition) is 1. The van der Waals surface area contributed by atoms with Crippen LogP contribution >= 0.6 is 15.9 Å². The van der Waals surface area contributed by atoms with E-state index in [0.717, 1.165) is 6.07 Å². The summed E-state index contributed by atoms with van der Waals surface area (Å²) in [4.78, 5) is 0. The van der Waals surface area contributed by atoms with Crippen LogP contribution < -0.4 is 0 Å². The summed E-state index contributed by atoms with van der Waals surface area (Å²) in [5.74, 6) is -2.10. The maximum absolute atomic E-state index is 13.7. The third-order valence-corrected chi connectivity index (χ3v) is 3.55. The number of halogens is 4.